The summed E-state index contributed by atoms with van der Waals surface area (Å²) in [5, 5.41) is 12.2. The van der Waals surface area contributed by atoms with Crippen LogP contribution in [0.2, 0.25) is 0 Å². The van der Waals surface area contributed by atoms with Gasteiger partial charge in [-0.05, 0) is 55.7 Å². The van der Waals surface area contributed by atoms with Gasteiger partial charge in [-0.3, -0.25) is 4.79 Å². The predicted octanol–water partition coefficient (Wildman–Crippen LogP) is 4.49. The van der Waals surface area contributed by atoms with E-state index in [0.717, 1.165) is 24.5 Å². The summed E-state index contributed by atoms with van der Waals surface area (Å²) in [6.45, 7) is 2.02. The van der Waals surface area contributed by atoms with Gasteiger partial charge >= 0.3 is 5.63 Å². The number of carbonyl (C=O) groups excluding carboxylic acids is 1. The van der Waals surface area contributed by atoms with Crippen LogP contribution in [0.5, 0.6) is 0 Å². The molecule has 2 aromatic heterocycles. The number of rotatable bonds is 4. The Kier molecular flexibility index (Phi) is 5.37. The Hall–Kier alpha value is -4.00. The van der Waals surface area contributed by atoms with E-state index in [9.17, 15) is 9.59 Å². The van der Waals surface area contributed by atoms with Crippen molar-refractivity contribution in [2.45, 2.75) is 19.3 Å². The van der Waals surface area contributed by atoms with E-state index in [-0.39, 0.29) is 5.56 Å². The highest BCUT2D eigenvalue weighted by Crippen LogP contribution is 2.23. The molecule has 5 rings (SSSR count). The Labute approximate surface area is 184 Å². The summed E-state index contributed by atoms with van der Waals surface area (Å²) >= 11 is 0. The number of nitrogens with one attached hydrogen (secondary N) is 1. The molecule has 7 nitrogen and oxygen atoms in total. The monoisotopic (exact) mass is 426 g/mol. The van der Waals surface area contributed by atoms with Gasteiger partial charge in [-0.1, -0.05) is 30.3 Å². The lowest BCUT2D eigenvalue weighted by Gasteiger charge is -2.27. The van der Waals surface area contributed by atoms with Gasteiger partial charge in [0.05, 0.1) is 5.69 Å². The minimum atomic E-state index is -0.670. The molecule has 0 unspecified atom stereocenters. The van der Waals surface area contributed by atoms with Crippen molar-refractivity contribution in [1.82, 2.24) is 10.2 Å². The zero-order chi connectivity index (χ0) is 21.9. The second-order valence-corrected chi connectivity index (χ2v) is 7.84. The van der Waals surface area contributed by atoms with Crippen LogP contribution in [0, 0.1) is 0 Å². The number of hydrogen-bond donors (Lipinski definition) is 1. The third-order valence-corrected chi connectivity index (χ3v) is 5.63. The van der Waals surface area contributed by atoms with Gasteiger partial charge in [-0.2, -0.15) is 0 Å². The summed E-state index contributed by atoms with van der Waals surface area (Å²) in [5.41, 5.74) is 1.83. The number of anilines is 2. The molecule has 1 aliphatic heterocycles. The van der Waals surface area contributed by atoms with E-state index in [0.29, 0.717) is 22.4 Å². The molecule has 1 fully saturated rings. The molecule has 3 heterocycles. The minimum absolute atomic E-state index is 0.0419. The summed E-state index contributed by atoms with van der Waals surface area (Å²) in [7, 11) is 0. The molecule has 0 bridgehead atoms. The average Bonchev–Trinajstić information content (AvgIpc) is 2.84. The number of carbonyl (C=O) groups is 1. The average molecular weight is 426 g/mol. The Morgan fingerprint density at radius 2 is 1.75 bits per heavy atom. The fraction of sp³-hybridized carbons (Fsp3) is 0.200. The first-order valence-corrected chi connectivity index (χ1v) is 10.7. The van der Waals surface area contributed by atoms with Crippen molar-refractivity contribution in [1.29, 1.82) is 0 Å². The number of benzene rings is 2. The zero-order valence-electron chi connectivity index (χ0n) is 17.5. The second-order valence-electron chi connectivity index (χ2n) is 7.84. The van der Waals surface area contributed by atoms with Crippen molar-refractivity contribution in [3.05, 3.63) is 82.7 Å². The molecule has 0 aliphatic carbocycles. The van der Waals surface area contributed by atoms with E-state index in [1.807, 2.05) is 36.4 Å². The lowest BCUT2D eigenvalue weighted by atomic mass is 10.1. The standard InChI is InChI=1S/C25H22N4O3/c30-24(20-16-18-7-2-3-10-22(18)32-25(20)31)26-19-9-6-8-17(15-19)21-11-12-23(28-27-21)29-13-4-1-5-14-29/h2-3,6-12,15-16H,1,4-5,13-14H2,(H,26,30). The van der Waals surface area contributed by atoms with Gasteiger partial charge in [0.1, 0.15) is 11.1 Å². The Morgan fingerprint density at radius 1 is 0.906 bits per heavy atom. The molecule has 1 N–H and O–H groups in total. The normalized spacial score (nSPS) is 13.8. The minimum Gasteiger partial charge on any atom is -0.422 e. The van der Waals surface area contributed by atoms with Crippen molar-refractivity contribution in [3.63, 3.8) is 0 Å². The van der Waals surface area contributed by atoms with Crippen molar-refractivity contribution in [3.8, 4) is 11.3 Å². The number of piperidine rings is 1. The van der Waals surface area contributed by atoms with Crippen molar-refractivity contribution >= 4 is 28.4 Å². The summed E-state index contributed by atoms with van der Waals surface area (Å²) in [6.07, 6.45) is 3.63. The number of aromatic nitrogens is 2. The molecule has 0 saturated carbocycles. The summed E-state index contributed by atoms with van der Waals surface area (Å²) in [5.74, 6) is 0.370. The quantitative estimate of drug-likeness (QED) is 0.484. The van der Waals surface area contributed by atoms with E-state index in [1.165, 1.54) is 19.3 Å². The van der Waals surface area contributed by atoms with Gasteiger partial charge in [-0.25, -0.2) is 4.79 Å². The van der Waals surface area contributed by atoms with Gasteiger partial charge in [0.15, 0.2) is 5.82 Å². The molecule has 1 aliphatic rings. The number of fused-ring (bicyclic) bond motifs is 1. The first kappa shape index (κ1) is 19.9. The van der Waals surface area contributed by atoms with Gasteiger partial charge < -0.3 is 14.6 Å². The maximum Gasteiger partial charge on any atom is 0.349 e. The van der Waals surface area contributed by atoms with Crippen LogP contribution in [-0.2, 0) is 0 Å². The molecular formula is C25H22N4O3. The fourth-order valence-corrected chi connectivity index (χ4v) is 3.95. The van der Waals surface area contributed by atoms with Crippen LogP contribution in [0.3, 0.4) is 0 Å². The molecule has 32 heavy (non-hydrogen) atoms. The predicted molar refractivity (Wildman–Crippen MR) is 124 cm³/mol. The Bertz CT molecular complexity index is 1330. The van der Waals surface area contributed by atoms with Crippen molar-refractivity contribution in [2.24, 2.45) is 0 Å². The first-order chi connectivity index (χ1) is 15.7. The molecule has 0 radical (unpaired) electrons. The number of amides is 1. The zero-order valence-corrected chi connectivity index (χ0v) is 17.5. The molecule has 1 saturated heterocycles. The smallest absolute Gasteiger partial charge is 0.349 e. The van der Waals surface area contributed by atoms with E-state index in [2.05, 4.69) is 20.4 Å². The third-order valence-electron chi connectivity index (χ3n) is 5.63. The van der Waals surface area contributed by atoms with Crippen molar-refractivity contribution < 1.29 is 9.21 Å². The lowest BCUT2D eigenvalue weighted by molar-refractivity contribution is 0.102. The van der Waals surface area contributed by atoms with Crippen LogP contribution >= 0.6 is 0 Å². The van der Waals surface area contributed by atoms with Crippen LogP contribution < -0.4 is 15.8 Å². The summed E-state index contributed by atoms with van der Waals surface area (Å²) in [6, 6.07) is 19.9. The lowest BCUT2D eigenvalue weighted by Crippen LogP contribution is -2.30. The molecule has 0 atom stereocenters. The van der Waals surface area contributed by atoms with Gasteiger partial charge in [0.25, 0.3) is 5.91 Å². The highest BCUT2D eigenvalue weighted by Gasteiger charge is 2.15. The van der Waals surface area contributed by atoms with Crippen LogP contribution in [0.4, 0.5) is 11.5 Å². The van der Waals surface area contributed by atoms with Crippen LogP contribution in [-0.4, -0.2) is 29.2 Å². The SMILES string of the molecule is O=C(Nc1cccc(-c2ccc(N3CCCCC3)nn2)c1)c1cc2ccccc2oc1=O. The largest absolute Gasteiger partial charge is 0.422 e. The number of nitrogens with zero attached hydrogens (tertiary/aromatic N) is 3. The van der Waals surface area contributed by atoms with Crippen molar-refractivity contribution in [2.75, 3.05) is 23.3 Å². The van der Waals surface area contributed by atoms with E-state index in [4.69, 9.17) is 4.42 Å². The Balaban J connectivity index is 1.36. The Morgan fingerprint density at radius 3 is 2.56 bits per heavy atom. The highest BCUT2D eigenvalue weighted by atomic mass is 16.4. The maximum absolute atomic E-state index is 12.7. The van der Waals surface area contributed by atoms with Crippen LogP contribution in [0.25, 0.3) is 22.2 Å². The molecule has 1 amide bonds. The van der Waals surface area contributed by atoms with Gasteiger partial charge in [-0.15, -0.1) is 10.2 Å². The number of hydrogen-bond acceptors (Lipinski definition) is 6. The topological polar surface area (TPSA) is 88.3 Å². The van der Waals surface area contributed by atoms with E-state index < -0.39 is 11.5 Å². The third kappa shape index (κ3) is 4.09. The van der Waals surface area contributed by atoms with Crippen LogP contribution in [0.15, 0.2) is 75.9 Å². The summed E-state index contributed by atoms with van der Waals surface area (Å²) in [4.78, 5) is 27.3. The highest BCUT2D eigenvalue weighted by molar-refractivity contribution is 6.05. The van der Waals surface area contributed by atoms with E-state index >= 15 is 0 Å². The van der Waals surface area contributed by atoms with E-state index in [1.54, 1.807) is 30.3 Å². The second kappa shape index (κ2) is 8.63. The van der Waals surface area contributed by atoms with Gasteiger partial charge in [0, 0.05) is 29.7 Å². The molecular weight excluding hydrogens is 404 g/mol. The fourth-order valence-electron chi connectivity index (χ4n) is 3.95. The maximum atomic E-state index is 12.7. The van der Waals surface area contributed by atoms with Gasteiger partial charge in [0.2, 0.25) is 0 Å². The summed E-state index contributed by atoms with van der Waals surface area (Å²) < 4.78 is 5.27. The molecule has 7 heteroatoms. The molecule has 2 aromatic carbocycles. The molecule has 4 aromatic rings. The van der Waals surface area contributed by atoms with Crippen LogP contribution in [0.1, 0.15) is 29.6 Å². The molecule has 160 valence electrons. The molecule has 0 spiro atoms. The first-order valence-electron chi connectivity index (χ1n) is 10.7. The number of para-hydroxylation sites is 1.